The fourth-order valence-electron chi connectivity index (χ4n) is 5.13. The maximum Gasteiger partial charge on any atom is 0.342 e. The first-order valence-corrected chi connectivity index (χ1v) is 17.6. The molecule has 268 valence electrons. The van der Waals surface area contributed by atoms with E-state index in [1.165, 1.54) is 13.2 Å². The summed E-state index contributed by atoms with van der Waals surface area (Å²) >= 11 is 0. The largest absolute Gasteiger partial charge is 0.491 e. The van der Waals surface area contributed by atoms with Gasteiger partial charge < -0.3 is 38.3 Å². The number of aliphatic hydroxyl groups excluding tert-OH is 1. The predicted molar refractivity (Wildman–Crippen MR) is 178 cm³/mol. The number of esters is 2. The Morgan fingerprint density at radius 2 is 1.80 bits per heavy atom. The summed E-state index contributed by atoms with van der Waals surface area (Å²) in [6.07, 6.45) is 4.23. The molecule has 2 aliphatic heterocycles. The number of hydrogen-bond acceptors (Lipinski definition) is 13. The van der Waals surface area contributed by atoms with Gasteiger partial charge in [-0.25, -0.2) is 9.59 Å². The number of carbonyl (C=O) groups excluding carboxylic acids is 2. The van der Waals surface area contributed by atoms with E-state index in [4.69, 9.17) is 33.2 Å². The third-order valence-electron chi connectivity index (χ3n) is 7.66. The summed E-state index contributed by atoms with van der Waals surface area (Å²) in [5, 5.41) is 10.2. The first-order chi connectivity index (χ1) is 23.2. The molecular weight excluding hydrogens is 660 g/mol. The maximum absolute atomic E-state index is 13.7. The van der Waals surface area contributed by atoms with Gasteiger partial charge in [0.05, 0.1) is 24.5 Å². The first kappa shape index (κ1) is 38.0. The van der Waals surface area contributed by atoms with Crippen LogP contribution in [0, 0.1) is 5.92 Å². The quantitative estimate of drug-likeness (QED) is 0.153. The zero-order valence-corrected chi connectivity index (χ0v) is 29.2. The lowest BCUT2D eigenvalue weighted by atomic mass is 9.98. The average Bonchev–Trinajstić information content (AvgIpc) is 3.36. The summed E-state index contributed by atoms with van der Waals surface area (Å²) in [7, 11) is -2.34. The topological polar surface area (TPSA) is 162 Å². The molecule has 0 aromatic heterocycles. The normalized spacial score (nSPS) is 25.9. The van der Waals surface area contributed by atoms with E-state index in [0.717, 1.165) is 6.26 Å². The van der Waals surface area contributed by atoms with Gasteiger partial charge in [0.15, 0.2) is 12.6 Å². The molecule has 0 aliphatic carbocycles. The minimum atomic E-state index is -3.76. The van der Waals surface area contributed by atoms with E-state index in [1.54, 1.807) is 69.3 Å². The predicted octanol–water partition coefficient (Wildman–Crippen LogP) is 4.29. The molecule has 4 rings (SSSR count). The SMILES string of the molecule is COCOc1cc(OCC(O)COS(C)(=O)=O)cc2c1C(=O)O[C@@H](C)[C@H](C)/C=C\C(OC(=O)c1ccccc1)[C@H]1OC(C)(C)OC1C/C=C/2. The molecule has 2 aromatic rings. The lowest BCUT2D eigenvalue weighted by molar-refractivity contribution is -0.152. The zero-order valence-electron chi connectivity index (χ0n) is 28.4. The monoisotopic (exact) mass is 704 g/mol. The third-order valence-corrected chi connectivity index (χ3v) is 8.23. The Hall–Kier alpha value is -3.79. The van der Waals surface area contributed by atoms with Crippen LogP contribution in [0.25, 0.3) is 6.08 Å². The number of cyclic esters (lactones) is 1. The molecule has 3 unspecified atom stereocenters. The number of fused-ring (bicyclic) bond motifs is 2. The number of rotatable bonds is 11. The fraction of sp³-hybridized carbons (Fsp3) is 0.486. The van der Waals surface area contributed by atoms with Crippen LogP contribution in [0.15, 0.2) is 60.7 Å². The molecule has 1 N–H and O–H groups in total. The average molecular weight is 705 g/mol. The van der Waals surface area contributed by atoms with Gasteiger partial charge in [0.1, 0.15) is 48.1 Å². The van der Waals surface area contributed by atoms with Crippen LogP contribution < -0.4 is 9.47 Å². The molecule has 14 heteroatoms. The van der Waals surface area contributed by atoms with Gasteiger partial charge in [0.25, 0.3) is 10.1 Å². The summed E-state index contributed by atoms with van der Waals surface area (Å²) in [6, 6.07) is 11.7. The maximum atomic E-state index is 13.7. The second kappa shape index (κ2) is 16.7. The number of carbonyl (C=O) groups is 2. The molecule has 13 nitrogen and oxygen atoms in total. The number of ether oxygens (including phenoxy) is 7. The van der Waals surface area contributed by atoms with Crippen LogP contribution in [0.3, 0.4) is 0 Å². The fourth-order valence-corrected chi connectivity index (χ4v) is 5.54. The van der Waals surface area contributed by atoms with Crippen molar-refractivity contribution in [1.29, 1.82) is 0 Å². The molecule has 0 radical (unpaired) electrons. The highest BCUT2D eigenvalue weighted by molar-refractivity contribution is 7.85. The first-order valence-electron chi connectivity index (χ1n) is 15.8. The Labute approximate surface area is 286 Å². The molecule has 6 atom stereocenters. The molecule has 1 saturated heterocycles. The van der Waals surface area contributed by atoms with Crippen LogP contribution >= 0.6 is 0 Å². The Morgan fingerprint density at radius 3 is 2.49 bits per heavy atom. The van der Waals surface area contributed by atoms with E-state index in [0.29, 0.717) is 17.5 Å². The molecule has 2 aromatic carbocycles. The molecule has 0 amide bonds. The molecular formula is C35H44O13S. The minimum Gasteiger partial charge on any atom is -0.491 e. The van der Waals surface area contributed by atoms with E-state index in [-0.39, 0.29) is 36.4 Å². The molecule has 0 bridgehead atoms. The summed E-state index contributed by atoms with van der Waals surface area (Å²) in [5.74, 6) is -2.19. The van der Waals surface area contributed by atoms with Gasteiger partial charge in [0.2, 0.25) is 0 Å². The second-order valence-corrected chi connectivity index (χ2v) is 13.9. The molecule has 49 heavy (non-hydrogen) atoms. The van der Waals surface area contributed by atoms with E-state index >= 15 is 0 Å². The van der Waals surface area contributed by atoms with Crippen LogP contribution in [-0.4, -0.2) is 95.1 Å². The third kappa shape index (κ3) is 11.1. The number of benzene rings is 2. The summed E-state index contributed by atoms with van der Waals surface area (Å²) in [4.78, 5) is 26.9. The van der Waals surface area contributed by atoms with E-state index in [2.05, 4.69) is 4.18 Å². The number of hydrogen-bond donors (Lipinski definition) is 1. The van der Waals surface area contributed by atoms with E-state index < -0.39 is 65.0 Å². The van der Waals surface area contributed by atoms with E-state index in [9.17, 15) is 23.1 Å². The van der Waals surface area contributed by atoms with Gasteiger partial charge in [-0.3, -0.25) is 4.18 Å². The van der Waals surface area contributed by atoms with Crippen LogP contribution in [0.2, 0.25) is 0 Å². The van der Waals surface area contributed by atoms with Gasteiger partial charge in [-0.05, 0) is 57.0 Å². The molecule has 0 saturated carbocycles. The minimum absolute atomic E-state index is 0.0979. The summed E-state index contributed by atoms with van der Waals surface area (Å²) in [5.41, 5.74) is 0.860. The lowest BCUT2D eigenvalue weighted by Gasteiger charge is -2.26. The molecule has 2 aliphatic rings. The van der Waals surface area contributed by atoms with Crippen LogP contribution in [0.1, 0.15) is 60.4 Å². The highest BCUT2D eigenvalue weighted by atomic mass is 32.2. The highest BCUT2D eigenvalue weighted by Crippen LogP contribution is 2.36. The van der Waals surface area contributed by atoms with Crippen molar-refractivity contribution in [2.24, 2.45) is 5.92 Å². The van der Waals surface area contributed by atoms with Crippen LogP contribution in [0.4, 0.5) is 0 Å². The Morgan fingerprint density at radius 1 is 1.06 bits per heavy atom. The summed E-state index contributed by atoms with van der Waals surface area (Å²) in [6.45, 7) is 6.15. The molecule has 1 fully saturated rings. The Bertz CT molecular complexity index is 1600. The summed E-state index contributed by atoms with van der Waals surface area (Å²) < 4.78 is 68.3. The number of methoxy groups -OCH3 is 1. The zero-order chi connectivity index (χ0) is 35.8. The van der Waals surface area contributed by atoms with Crippen molar-refractivity contribution in [3.05, 3.63) is 77.4 Å². The Kier molecular flexibility index (Phi) is 13.0. The Balaban J connectivity index is 1.70. The highest BCUT2D eigenvalue weighted by Gasteiger charge is 2.45. The van der Waals surface area contributed by atoms with Crippen molar-refractivity contribution in [3.63, 3.8) is 0 Å². The van der Waals surface area contributed by atoms with Gasteiger partial charge in [0, 0.05) is 19.1 Å². The van der Waals surface area contributed by atoms with E-state index in [1.807, 2.05) is 19.1 Å². The van der Waals surface area contributed by atoms with Gasteiger partial charge in [-0.15, -0.1) is 0 Å². The van der Waals surface area contributed by atoms with Crippen LogP contribution in [-0.2, 0) is 38.0 Å². The number of aliphatic hydroxyl groups is 1. The van der Waals surface area contributed by atoms with Crippen molar-refractivity contribution >= 4 is 28.1 Å². The van der Waals surface area contributed by atoms with Crippen molar-refractivity contribution in [3.8, 4) is 11.5 Å². The van der Waals surface area contributed by atoms with Gasteiger partial charge >= 0.3 is 11.9 Å². The molecule has 2 heterocycles. The van der Waals surface area contributed by atoms with Crippen molar-refractivity contribution in [2.75, 3.05) is 33.4 Å². The smallest absolute Gasteiger partial charge is 0.342 e. The van der Waals surface area contributed by atoms with Crippen molar-refractivity contribution in [2.45, 2.75) is 70.4 Å². The lowest BCUT2D eigenvalue weighted by Crippen LogP contribution is -2.37. The van der Waals surface area contributed by atoms with Crippen molar-refractivity contribution < 1.29 is 60.5 Å². The standard InChI is InChI=1S/C35H44O13S/c1-22-15-16-28(46-33(37)24-11-8-7-9-12-24)32-29(47-35(3,4)48-32)14-10-13-25-17-27(42-19-26(36)20-44-49(6,39)40)18-30(43-21-41-5)31(25)34(38)45-23(22)2/h7-13,15-18,22-23,26,28-29,32,36H,14,19-21H2,1-6H3/b13-10+,16-15-/t22-,23+,26?,28?,29?,32-/m1/s1. The van der Waals surface area contributed by atoms with Crippen molar-refractivity contribution in [1.82, 2.24) is 0 Å². The van der Waals surface area contributed by atoms with Crippen LogP contribution in [0.5, 0.6) is 11.5 Å². The molecule has 0 spiro atoms. The van der Waals surface area contributed by atoms with Gasteiger partial charge in [-0.2, -0.15) is 8.42 Å². The van der Waals surface area contributed by atoms with Gasteiger partial charge in [-0.1, -0.05) is 43.4 Å². The second-order valence-electron chi connectivity index (χ2n) is 12.3.